The van der Waals surface area contributed by atoms with E-state index in [4.69, 9.17) is 14.2 Å². The first-order valence-corrected chi connectivity index (χ1v) is 7.65. The van der Waals surface area contributed by atoms with Crippen LogP contribution in [0.4, 0.5) is 0 Å². The molecule has 1 aliphatic heterocycles. The first-order valence-electron chi connectivity index (χ1n) is 6.77. The van der Waals surface area contributed by atoms with Crippen molar-refractivity contribution in [2.45, 2.75) is 6.92 Å². The van der Waals surface area contributed by atoms with Crippen LogP contribution in [-0.4, -0.2) is 31.1 Å². The second kappa shape index (κ2) is 6.21. The first-order chi connectivity index (χ1) is 11.1. The van der Waals surface area contributed by atoms with E-state index in [9.17, 15) is 4.79 Å². The molecule has 23 heavy (non-hydrogen) atoms. The zero-order valence-corrected chi connectivity index (χ0v) is 13.6. The van der Waals surface area contributed by atoms with E-state index in [1.165, 1.54) is 11.3 Å². The van der Waals surface area contributed by atoms with Crippen LogP contribution >= 0.6 is 11.3 Å². The lowest BCUT2D eigenvalue weighted by Gasteiger charge is -2.07. The molecular weight excluding hydrogens is 316 g/mol. The number of rotatable bonds is 4. The first kappa shape index (κ1) is 15.2. The van der Waals surface area contributed by atoms with E-state index in [2.05, 4.69) is 9.98 Å². The molecular formula is C16H14N2O4S. The molecule has 0 unspecified atom stereocenters. The fourth-order valence-corrected chi connectivity index (χ4v) is 2.62. The van der Waals surface area contributed by atoms with Crippen LogP contribution in [0.15, 0.2) is 34.3 Å². The standard InChI is InChI=1S/C16H14N2O4S/c1-9-17-11(8-23-9)6-14-16(19)22-15(18-14)10-4-12(20-2)7-13(5-10)21-3/h4-8H,1-3H3/b14-6-. The van der Waals surface area contributed by atoms with Crippen molar-refractivity contribution in [2.75, 3.05) is 14.2 Å². The number of thiazole rings is 1. The van der Waals surface area contributed by atoms with Crippen molar-refractivity contribution in [1.82, 2.24) is 4.98 Å². The highest BCUT2D eigenvalue weighted by Crippen LogP contribution is 2.26. The van der Waals surface area contributed by atoms with E-state index in [1.54, 1.807) is 38.5 Å². The molecule has 0 aliphatic carbocycles. The Kier molecular flexibility index (Phi) is 4.12. The zero-order valence-electron chi connectivity index (χ0n) is 12.8. The summed E-state index contributed by atoms with van der Waals surface area (Å²) in [6.45, 7) is 1.90. The number of aryl methyl sites for hydroxylation is 1. The van der Waals surface area contributed by atoms with Gasteiger partial charge in [0.25, 0.3) is 0 Å². The van der Waals surface area contributed by atoms with Crippen molar-refractivity contribution < 1.29 is 19.0 Å². The van der Waals surface area contributed by atoms with Crippen LogP contribution in [0.3, 0.4) is 0 Å². The molecule has 118 valence electrons. The van der Waals surface area contributed by atoms with Gasteiger partial charge in [-0.2, -0.15) is 0 Å². The Balaban J connectivity index is 1.96. The Morgan fingerprint density at radius 1 is 1.17 bits per heavy atom. The minimum Gasteiger partial charge on any atom is -0.497 e. The van der Waals surface area contributed by atoms with Crippen molar-refractivity contribution in [3.8, 4) is 11.5 Å². The Bertz CT molecular complexity index is 801. The molecule has 7 heteroatoms. The van der Waals surface area contributed by atoms with Crippen molar-refractivity contribution in [2.24, 2.45) is 4.99 Å². The largest absolute Gasteiger partial charge is 0.497 e. The molecule has 0 saturated carbocycles. The van der Waals surface area contributed by atoms with E-state index >= 15 is 0 Å². The number of carbonyl (C=O) groups excluding carboxylic acids is 1. The van der Waals surface area contributed by atoms with Crippen molar-refractivity contribution in [1.29, 1.82) is 0 Å². The molecule has 0 fully saturated rings. The molecule has 0 amide bonds. The predicted octanol–water partition coefficient (Wildman–Crippen LogP) is 2.81. The van der Waals surface area contributed by atoms with Gasteiger partial charge in [0.15, 0.2) is 5.70 Å². The average Bonchev–Trinajstić information content (AvgIpc) is 3.13. The molecule has 2 heterocycles. The number of carbonyl (C=O) groups is 1. The van der Waals surface area contributed by atoms with E-state index in [0.29, 0.717) is 22.8 Å². The highest BCUT2D eigenvalue weighted by Gasteiger charge is 2.25. The Labute approximate surface area is 137 Å². The summed E-state index contributed by atoms with van der Waals surface area (Å²) >= 11 is 1.51. The summed E-state index contributed by atoms with van der Waals surface area (Å²) in [7, 11) is 3.11. The van der Waals surface area contributed by atoms with Crippen molar-refractivity contribution >= 4 is 29.3 Å². The normalized spacial score (nSPS) is 15.5. The zero-order chi connectivity index (χ0) is 16.4. The van der Waals surface area contributed by atoms with Crippen LogP contribution in [0, 0.1) is 6.92 Å². The van der Waals surface area contributed by atoms with E-state index < -0.39 is 5.97 Å². The number of hydrogen-bond donors (Lipinski definition) is 0. The SMILES string of the molecule is COc1cc(OC)cc(C2=N/C(=C\c3csc(C)n3)C(=O)O2)c1. The van der Waals surface area contributed by atoms with E-state index in [0.717, 1.165) is 5.01 Å². The second-order valence-electron chi connectivity index (χ2n) is 4.73. The number of nitrogens with zero attached hydrogens (tertiary/aromatic N) is 2. The molecule has 0 saturated heterocycles. The van der Waals surface area contributed by atoms with Gasteiger partial charge in [-0.15, -0.1) is 11.3 Å². The molecule has 6 nitrogen and oxygen atoms in total. The van der Waals surface area contributed by atoms with Gasteiger partial charge in [0.2, 0.25) is 5.90 Å². The number of aliphatic imine (C=N–C) groups is 1. The molecule has 0 atom stereocenters. The van der Waals surface area contributed by atoms with Crippen LogP contribution in [0.25, 0.3) is 6.08 Å². The van der Waals surface area contributed by atoms with Crippen LogP contribution in [-0.2, 0) is 9.53 Å². The maximum atomic E-state index is 12.0. The van der Waals surface area contributed by atoms with Crippen molar-refractivity contribution in [3.63, 3.8) is 0 Å². The van der Waals surface area contributed by atoms with Crippen LogP contribution in [0.5, 0.6) is 11.5 Å². The molecule has 2 aromatic rings. The van der Waals surface area contributed by atoms with Gasteiger partial charge in [0.05, 0.1) is 24.9 Å². The molecule has 0 radical (unpaired) electrons. The molecule has 3 rings (SSSR count). The quantitative estimate of drug-likeness (QED) is 0.637. The molecule has 0 bridgehead atoms. The van der Waals surface area contributed by atoms with Gasteiger partial charge in [-0.1, -0.05) is 0 Å². The minimum absolute atomic E-state index is 0.213. The number of esters is 1. The highest BCUT2D eigenvalue weighted by molar-refractivity contribution is 7.09. The van der Waals surface area contributed by atoms with Crippen LogP contribution in [0.2, 0.25) is 0 Å². The fraction of sp³-hybridized carbons (Fsp3) is 0.188. The maximum Gasteiger partial charge on any atom is 0.363 e. The van der Waals surface area contributed by atoms with Gasteiger partial charge < -0.3 is 14.2 Å². The third-order valence-electron chi connectivity index (χ3n) is 3.14. The summed E-state index contributed by atoms with van der Waals surface area (Å²) in [5.74, 6) is 0.883. The summed E-state index contributed by atoms with van der Waals surface area (Å²) < 4.78 is 15.7. The number of cyclic esters (lactones) is 1. The lowest BCUT2D eigenvalue weighted by atomic mass is 10.2. The smallest absolute Gasteiger partial charge is 0.363 e. The Morgan fingerprint density at radius 3 is 2.43 bits per heavy atom. The lowest BCUT2D eigenvalue weighted by Crippen LogP contribution is -2.06. The summed E-state index contributed by atoms with van der Waals surface area (Å²) in [5.41, 5.74) is 1.51. The fourth-order valence-electron chi connectivity index (χ4n) is 2.05. The lowest BCUT2D eigenvalue weighted by molar-refractivity contribution is -0.129. The summed E-state index contributed by atoms with van der Waals surface area (Å²) in [5, 5.41) is 2.78. The number of aromatic nitrogens is 1. The third-order valence-corrected chi connectivity index (χ3v) is 3.93. The monoisotopic (exact) mass is 330 g/mol. The molecule has 1 aromatic carbocycles. The molecule has 1 aromatic heterocycles. The Hall–Kier alpha value is -2.67. The highest BCUT2D eigenvalue weighted by atomic mass is 32.1. The van der Waals surface area contributed by atoms with Gasteiger partial charge in [0, 0.05) is 17.0 Å². The number of methoxy groups -OCH3 is 2. The van der Waals surface area contributed by atoms with E-state index in [-0.39, 0.29) is 11.6 Å². The van der Waals surface area contributed by atoms with Crippen LogP contribution < -0.4 is 9.47 Å². The second-order valence-corrected chi connectivity index (χ2v) is 5.79. The van der Waals surface area contributed by atoms with E-state index in [1.807, 2.05) is 12.3 Å². The maximum absolute atomic E-state index is 12.0. The molecule has 0 N–H and O–H groups in total. The third kappa shape index (κ3) is 3.24. The number of ether oxygens (including phenoxy) is 3. The minimum atomic E-state index is -0.507. The average molecular weight is 330 g/mol. The number of benzene rings is 1. The topological polar surface area (TPSA) is 70.0 Å². The molecule has 0 spiro atoms. The summed E-state index contributed by atoms with van der Waals surface area (Å²) in [6.07, 6.45) is 1.61. The van der Waals surface area contributed by atoms with Crippen LogP contribution in [0.1, 0.15) is 16.3 Å². The predicted molar refractivity (Wildman–Crippen MR) is 87.0 cm³/mol. The summed E-state index contributed by atoms with van der Waals surface area (Å²) in [4.78, 5) is 20.5. The van der Waals surface area contributed by atoms with Gasteiger partial charge in [0.1, 0.15) is 11.5 Å². The summed E-state index contributed by atoms with van der Waals surface area (Å²) in [6, 6.07) is 5.19. The number of hydrogen-bond acceptors (Lipinski definition) is 7. The Morgan fingerprint density at radius 2 is 1.87 bits per heavy atom. The van der Waals surface area contributed by atoms with Gasteiger partial charge in [-0.3, -0.25) is 0 Å². The molecule has 1 aliphatic rings. The van der Waals surface area contributed by atoms with Gasteiger partial charge in [-0.25, -0.2) is 14.8 Å². The van der Waals surface area contributed by atoms with Gasteiger partial charge >= 0.3 is 5.97 Å². The van der Waals surface area contributed by atoms with Gasteiger partial charge in [-0.05, 0) is 25.1 Å². The van der Waals surface area contributed by atoms with Crippen molar-refractivity contribution in [3.05, 3.63) is 45.5 Å².